The minimum atomic E-state index is -0.430. The van der Waals surface area contributed by atoms with Crippen LogP contribution in [0.1, 0.15) is 0 Å². The Hall–Kier alpha value is -3.10. The van der Waals surface area contributed by atoms with E-state index in [9.17, 15) is 4.39 Å². The van der Waals surface area contributed by atoms with Crippen molar-refractivity contribution in [2.24, 2.45) is 0 Å². The Labute approximate surface area is 112 Å². The number of halogens is 1. The molecule has 1 aromatic carbocycles. The lowest BCUT2D eigenvalue weighted by molar-refractivity contribution is 0.435. The van der Waals surface area contributed by atoms with Crippen LogP contribution in [-0.2, 0) is 0 Å². The van der Waals surface area contributed by atoms with Gasteiger partial charge >= 0.3 is 6.01 Å². The normalized spacial score (nSPS) is 10.4. The summed E-state index contributed by atoms with van der Waals surface area (Å²) in [6.07, 6.45) is 2.73. The molecule has 0 aliphatic carbocycles. The van der Waals surface area contributed by atoms with Crippen molar-refractivity contribution in [1.82, 2.24) is 29.7 Å². The van der Waals surface area contributed by atoms with Gasteiger partial charge in [-0.05, 0) is 12.1 Å². The van der Waals surface area contributed by atoms with Crippen LogP contribution in [0, 0.1) is 5.82 Å². The molecule has 20 heavy (non-hydrogen) atoms. The fraction of sp³-hybridized carbons (Fsp3) is 0. The quantitative estimate of drug-likeness (QED) is 0.757. The van der Waals surface area contributed by atoms with Gasteiger partial charge in [-0.2, -0.15) is 24.7 Å². The molecule has 9 heteroatoms. The van der Waals surface area contributed by atoms with Crippen LogP contribution in [0.2, 0.25) is 0 Å². The number of nitrogens with zero attached hydrogens (tertiary/aromatic N) is 6. The molecular formula is C11H8FN7O. The smallest absolute Gasteiger partial charge is 0.328 e. The first-order valence-electron chi connectivity index (χ1n) is 5.51. The number of benzene rings is 1. The molecule has 0 aliphatic rings. The van der Waals surface area contributed by atoms with E-state index in [0.717, 1.165) is 0 Å². The van der Waals surface area contributed by atoms with E-state index in [-0.39, 0.29) is 23.7 Å². The van der Waals surface area contributed by atoms with E-state index in [4.69, 9.17) is 10.5 Å². The summed E-state index contributed by atoms with van der Waals surface area (Å²) < 4.78 is 19.7. The first-order valence-corrected chi connectivity index (χ1v) is 5.51. The summed E-state index contributed by atoms with van der Waals surface area (Å²) in [4.78, 5) is 15.5. The molecule has 2 N–H and O–H groups in total. The molecule has 0 amide bonds. The summed E-state index contributed by atoms with van der Waals surface area (Å²) in [7, 11) is 0. The Kier molecular flexibility index (Phi) is 2.92. The van der Waals surface area contributed by atoms with Gasteiger partial charge in [0.15, 0.2) is 0 Å². The number of rotatable bonds is 3. The van der Waals surface area contributed by atoms with Gasteiger partial charge in [0, 0.05) is 6.07 Å². The molecule has 2 heterocycles. The molecule has 0 spiro atoms. The van der Waals surface area contributed by atoms with E-state index < -0.39 is 5.82 Å². The van der Waals surface area contributed by atoms with Crippen molar-refractivity contribution >= 4 is 5.95 Å². The zero-order valence-electron chi connectivity index (χ0n) is 10.0. The Morgan fingerprint density at radius 1 is 1.20 bits per heavy atom. The molecule has 0 aliphatic heterocycles. The van der Waals surface area contributed by atoms with Crippen LogP contribution in [0.5, 0.6) is 11.8 Å². The highest BCUT2D eigenvalue weighted by Crippen LogP contribution is 2.19. The third-order valence-electron chi connectivity index (χ3n) is 2.25. The van der Waals surface area contributed by atoms with E-state index >= 15 is 0 Å². The highest BCUT2D eigenvalue weighted by molar-refractivity contribution is 5.29. The Morgan fingerprint density at radius 3 is 2.85 bits per heavy atom. The lowest BCUT2D eigenvalue weighted by Crippen LogP contribution is -2.08. The number of hydrogen-bond donors (Lipinski definition) is 1. The first kappa shape index (κ1) is 12.0. The van der Waals surface area contributed by atoms with E-state index in [0.29, 0.717) is 0 Å². The van der Waals surface area contributed by atoms with Gasteiger partial charge in [-0.1, -0.05) is 6.07 Å². The summed E-state index contributed by atoms with van der Waals surface area (Å²) in [5, 5.41) is 3.87. The summed E-state index contributed by atoms with van der Waals surface area (Å²) in [6.45, 7) is 0. The maximum Gasteiger partial charge on any atom is 0.328 e. The lowest BCUT2D eigenvalue weighted by atomic mass is 10.3. The van der Waals surface area contributed by atoms with Crippen molar-refractivity contribution in [3.05, 3.63) is 42.7 Å². The van der Waals surface area contributed by atoms with Crippen LogP contribution >= 0.6 is 0 Å². The van der Waals surface area contributed by atoms with Crippen LogP contribution in [0.15, 0.2) is 36.9 Å². The summed E-state index contributed by atoms with van der Waals surface area (Å²) in [6, 6.07) is 5.52. The molecule has 0 radical (unpaired) electrons. The third kappa shape index (κ3) is 2.51. The van der Waals surface area contributed by atoms with Crippen molar-refractivity contribution in [2.75, 3.05) is 5.73 Å². The van der Waals surface area contributed by atoms with Crippen LogP contribution in [0.4, 0.5) is 10.3 Å². The molecule has 3 rings (SSSR count). The standard InChI is InChI=1S/C11H8FN7O/c12-7-2-1-3-8(4-7)20-11-17-9(13)16-10(18-11)19-6-14-5-15-19/h1-6H,(H2,13,16,17,18). The highest BCUT2D eigenvalue weighted by atomic mass is 19.1. The molecule has 0 saturated heterocycles. The lowest BCUT2D eigenvalue weighted by Gasteiger charge is -2.05. The summed E-state index contributed by atoms with van der Waals surface area (Å²) in [5.41, 5.74) is 5.57. The van der Waals surface area contributed by atoms with Crippen LogP contribution in [0.3, 0.4) is 0 Å². The van der Waals surface area contributed by atoms with Crippen molar-refractivity contribution in [2.45, 2.75) is 0 Å². The monoisotopic (exact) mass is 273 g/mol. The maximum atomic E-state index is 13.1. The van der Waals surface area contributed by atoms with Gasteiger partial charge in [0.05, 0.1) is 0 Å². The molecule has 3 aromatic rings. The van der Waals surface area contributed by atoms with E-state index in [1.807, 2.05) is 0 Å². The van der Waals surface area contributed by atoms with Gasteiger partial charge in [0.2, 0.25) is 5.95 Å². The van der Waals surface area contributed by atoms with Gasteiger partial charge in [0.25, 0.3) is 5.95 Å². The number of nitrogen functional groups attached to an aromatic ring is 1. The Balaban J connectivity index is 1.94. The minimum Gasteiger partial charge on any atom is -0.424 e. The van der Waals surface area contributed by atoms with Gasteiger partial charge in [0.1, 0.15) is 24.2 Å². The number of ether oxygens (including phenoxy) is 1. The van der Waals surface area contributed by atoms with E-state index in [1.54, 1.807) is 6.07 Å². The van der Waals surface area contributed by atoms with Crippen LogP contribution in [0.25, 0.3) is 5.95 Å². The molecular weight excluding hydrogens is 265 g/mol. The molecule has 2 aromatic heterocycles. The van der Waals surface area contributed by atoms with Gasteiger partial charge < -0.3 is 10.5 Å². The van der Waals surface area contributed by atoms with Crippen LogP contribution in [-0.4, -0.2) is 29.7 Å². The van der Waals surface area contributed by atoms with Crippen molar-refractivity contribution < 1.29 is 9.13 Å². The SMILES string of the molecule is Nc1nc(Oc2cccc(F)c2)nc(-n2cncn2)n1. The van der Waals surface area contributed by atoms with Crippen molar-refractivity contribution in [1.29, 1.82) is 0 Å². The van der Waals surface area contributed by atoms with Gasteiger partial charge in [-0.25, -0.2) is 9.37 Å². The number of anilines is 1. The topological polar surface area (TPSA) is 105 Å². The molecule has 0 bridgehead atoms. The summed E-state index contributed by atoms with van der Waals surface area (Å²) in [5.74, 6) is -0.0699. The van der Waals surface area contributed by atoms with E-state index in [2.05, 4.69) is 25.0 Å². The predicted molar refractivity (Wildman–Crippen MR) is 65.6 cm³/mol. The van der Waals surface area contributed by atoms with E-state index in [1.165, 1.54) is 35.5 Å². The fourth-order valence-corrected chi connectivity index (χ4v) is 1.46. The second-order valence-corrected chi connectivity index (χ2v) is 3.68. The number of nitrogens with two attached hydrogens (primary N) is 1. The van der Waals surface area contributed by atoms with Gasteiger partial charge in [-0.3, -0.25) is 0 Å². The second kappa shape index (κ2) is 4.88. The van der Waals surface area contributed by atoms with Crippen LogP contribution < -0.4 is 10.5 Å². The molecule has 0 unspecified atom stereocenters. The zero-order chi connectivity index (χ0) is 13.9. The maximum absolute atomic E-state index is 13.1. The molecule has 100 valence electrons. The Morgan fingerprint density at radius 2 is 2.10 bits per heavy atom. The number of aromatic nitrogens is 6. The highest BCUT2D eigenvalue weighted by Gasteiger charge is 2.09. The minimum absolute atomic E-state index is 0.0445. The predicted octanol–water partition coefficient (Wildman–Crippen LogP) is 0.966. The molecule has 0 saturated carbocycles. The number of hydrogen-bond acceptors (Lipinski definition) is 7. The third-order valence-corrected chi connectivity index (χ3v) is 2.25. The Bertz CT molecular complexity index is 731. The molecule has 0 fully saturated rings. The summed E-state index contributed by atoms with van der Waals surface area (Å²) >= 11 is 0. The average molecular weight is 273 g/mol. The van der Waals surface area contributed by atoms with Gasteiger partial charge in [-0.15, -0.1) is 0 Å². The molecule has 0 atom stereocenters. The zero-order valence-corrected chi connectivity index (χ0v) is 10.0. The van der Waals surface area contributed by atoms with Crippen molar-refractivity contribution in [3.8, 4) is 17.7 Å². The first-order chi connectivity index (χ1) is 9.70. The van der Waals surface area contributed by atoms with Crippen molar-refractivity contribution in [3.63, 3.8) is 0 Å². The second-order valence-electron chi connectivity index (χ2n) is 3.68. The fourth-order valence-electron chi connectivity index (χ4n) is 1.46. The molecule has 8 nitrogen and oxygen atoms in total. The largest absolute Gasteiger partial charge is 0.424 e. The average Bonchev–Trinajstić information content (AvgIpc) is 2.91.